The van der Waals surface area contributed by atoms with Crippen molar-refractivity contribution >= 4 is 8.32 Å². The first-order valence-electron chi connectivity index (χ1n) is 15.7. The molecular formula is C34H60O4Si. The second-order valence-electron chi connectivity index (χ2n) is 15.6. The first kappa shape index (κ1) is 32.8. The van der Waals surface area contributed by atoms with Gasteiger partial charge in [0.25, 0.3) is 0 Å². The molecule has 0 amide bonds. The second-order valence-corrected chi connectivity index (χ2v) is 20.3. The third-order valence-corrected chi connectivity index (χ3v) is 16.1. The molecule has 0 unspecified atom stereocenters. The summed E-state index contributed by atoms with van der Waals surface area (Å²) in [5.41, 5.74) is 0.531. The van der Waals surface area contributed by atoms with Gasteiger partial charge in [-0.2, -0.15) is 0 Å². The molecule has 0 aliphatic heterocycles. The lowest BCUT2D eigenvalue weighted by Gasteiger charge is -2.52. The maximum Gasteiger partial charge on any atom is 0.192 e. The molecule has 9 atom stereocenters. The molecule has 0 bridgehead atoms. The van der Waals surface area contributed by atoms with Crippen LogP contribution in [0.25, 0.3) is 0 Å². The minimum absolute atomic E-state index is 0.00558. The maximum absolute atomic E-state index is 12.2. The van der Waals surface area contributed by atoms with Crippen LogP contribution in [-0.4, -0.2) is 47.5 Å². The van der Waals surface area contributed by atoms with Crippen LogP contribution in [0.4, 0.5) is 0 Å². The highest BCUT2D eigenvalue weighted by Crippen LogP contribution is 2.61. The third kappa shape index (κ3) is 6.69. The number of aliphatic hydroxyl groups excluding tert-OH is 2. The van der Waals surface area contributed by atoms with Crippen LogP contribution in [0.15, 0.2) is 36.0 Å². The Morgan fingerprint density at radius 2 is 1.72 bits per heavy atom. The first-order valence-corrected chi connectivity index (χ1v) is 18.6. The Morgan fingerprint density at radius 3 is 2.31 bits per heavy atom. The van der Waals surface area contributed by atoms with E-state index >= 15 is 0 Å². The molecule has 3 fully saturated rings. The smallest absolute Gasteiger partial charge is 0.192 e. The van der Waals surface area contributed by atoms with Crippen molar-refractivity contribution in [3.8, 4) is 0 Å². The van der Waals surface area contributed by atoms with E-state index in [1.807, 2.05) is 6.08 Å². The first-order chi connectivity index (χ1) is 17.8. The van der Waals surface area contributed by atoms with Crippen LogP contribution in [0, 0.1) is 35.0 Å². The fraction of sp³-hybridized carbons (Fsp3) is 0.824. The molecule has 0 aromatic carbocycles. The molecule has 4 nitrogen and oxygen atoms in total. The van der Waals surface area contributed by atoms with Gasteiger partial charge in [-0.25, -0.2) is 0 Å². The molecule has 0 heterocycles. The summed E-state index contributed by atoms with van der Waals surface area (Å²) in [6.45, 7) is 27.0. The summed E-state index contributed by atoms with van der Waals surface area (Å²) in [4.78, 5) is 0. The van der Waals surface area contributed by atoms with E-state index in [9.17, 15) is 15.3 Å². The van der Waals surface area contributed by atoms with Gasteiger partial charge in [0.15, 0.2) is 8.32 Å². The Kier molecular flexibility index (Phi) is 9.98. The highest BCUT2D eigenvalue weighted by atomic mass is 28.4. The van der Waals surface area contributed by atoms with Gasteiger partial charge in [-0.3, -0.25) is 0 Å². The molecule has 0 radical (unpaired) electrons. The van der Waals surface area contributed by atoms with E-state index in [0.29, 0.717) is 42.9 Å². The number of allylic oxidation sites excluding steroid dienone is 2. The van der Waals surface area contributed by atoms with Crippen LogP contribution in [-0.2, 0) is 4.43 Å². The number of hydrogen-bond donors (Lipinski definition) is 3. The van der Waals surface area contributed by atoms with Gasteiger partial charge in [-0.15, -0.1) is 0 Å². The van der Waals surface area contributed by atoms with Gasteiger partial charge in [0.1, 0.15) is 6.10 Å². The molecule has 3 rings (SSSR count). The van der Waals surface area contributed by atoms with E-state index in [1.165, 1.54) is 0 Å². The summed E-state index contributed by atoms with van der Waals surface area (Å²) < 4.78 is 6.68. The van der Waals surface area contributed by atoms with Crippen LogP contribution in [0.5, 0.6) is 0 Å². The average Bonchev–Trinajstić information content (AvgIpc) is 3.17. The number of fused-ring (bicyclic) bond motifs is 1. The van der Waals surface area contributed by atoms with Gasteiger partial charge in [-0.1, -0.05) is 74.1 Å². The van der Waals surface area contributed by atoms with Crippen molar-refractivity contribution in [2.24, 2.45) is 35.0 Å². The largest absolute Gasteiger partial charge is 0.410 e. The molecule has 5 heteroatoms. The molecule has 3 aliphatic rings. The predicted molar refractivity (Wildman–Crippen MR) is 166 cm³/mol. The predicted octanol–water partition coefficient (Wildman–Crippen LogP) is 7.81. The normalized spacial score (nSPS) is 37.9. The van der Waals surface area contributed by atoms with E-state index in [1.54, 1.807) is 0 Å². The molecule has 3 saturated carbocycles. The molecule has 0 saturated heterocycles. The zero-order chi connectivity index (χ0) is 29.6. The van der Waals surface area contributed by atoms with Gasteiger partial charge >= 0.3 is 0 Å². The van der Waals surface area contributed by atoms with Crippen molar-refractivity contribution in [2.75, 3.05) is 0 Å². The topological polar surface area (TPSA) is 69.9 Å². The van der Waals surface area contributed by atoms with Gasteiger partial charge in [0, 0.05) is 6.42 Å². The highest BCUT2D eigenvalue weighted by molar-refractivity contribution is 6.74. The number of rotatable bonds is 8. The lowest BCUT2D eigenvalue weighted by atomic mass is 9.56. The molecule has 0 spiro atoms. The monoisotopic (exact) mass is 560 g/mol. The van der Waals surface area contributed by atoms with Crippen LogP contribution in [0.3, 0.4) is 0 Å². The fourth-order valence-corrected chi connectivity index (χ4v) is 8.83. The van der Waals surface area contributed by atoms with Crippen molar-refractivity contribution < 1.29 is 19.7 Å². The summed E-state index contributed by atoms with van der Waals surface area (Å²) >= 11 is 0. The lowest BCUT2D eigenvalue weighted by molar-refractivity contribution is -0.156. The minimum atomic E-state index is -2.06. The fourth-order valence-electron chi connectivity index (χ4n) is 7.52. The molecular weight excluding hydrogens is 500 g/mol. The standard InChI is InChI=1S/C34H60O4Si/c1-22(2)23(3)13-14-24(4)28-15-16-30-33(28,9)17-12-18-34(30,37)31(36)20-26-19-27(35)21-29(25(26)5)38-39(10,11)32(6,7)8/h13-14,20,22-24,27-31,35-37H,5,12,15-19,21H2,1-4,6-11H3/b14-13+,26-20-/t23-,24+,27+,28+,29-,30+,31-,33+,34+/m0/s1. The molecule has 3 aliphatic carbocycles. The summed E-state index contributed by atoms with van der Waals surface area (Å²) in [7, 11) is -2.06. The Bertz CT molecular complexity index is 930. The van der Waals surface area contributed by atoms with Crippen LogP contribution in [0.2, 0.25) is 18.1 Å². The van der Waals surface area contributed by atoms with Gasteiger partial charge < -0.3 is 19.7 Å². The van der Waals surface area contributed by atoms with Crippen molar-refractivity contribution in [3.63, 3.8) is 0 Å². The van der Waals surface area contributed by atoms with E-state index in [2.05, 4.69) is 87.2 Å². The Balaban J connectivity index is 1.82. The van der Waals surface area contributed by atoms with Crippen molar-refractivity contribution in [2.45, 2.75) is 142 Å². The van der Waals surface area contributed by atoms with Crippen molar-refractivity contribution in [3.05, 3.63) is 36.0 Å². The maximum atomic E-state index is 12.2. The van der Waals surface area contributed by atoms with E-state index in [4.69, 9.17) is 4.43 Å². The van der Waals surface area contributed by atoms with E-state index in [-0.39, 0.29) is 22.5 Å². The van der Waals surface area contributed by atoms with Crippen molar-refractivity contribution in [1.82, 2.24) is 0 Å². The molecule has 224 valence electrons. The third-order valence-electron chi connectivity index (χ3n) is 11.6. The summed E-state index contributed by atoms with van der Waals surface area (Å²) in [5, 5.41) is 34.7. The quantitative estimate of drug-likeness (QED) is 0.209. The summed E-state index contributed by atoms with van der Waals surface area (Å²) in [6.07, 6.45) is 10.5. The SMILES string of the molecule is C=C1/C(=C\[C@H](O)[C@@]2(O)CCC[C@]3(C)[C@@H]([C@H](C)/C=C/[C@H](C)C(C)C)CC[C@H]32)C[C@@H](O)C[C@@H]1O[Si](C)(C)C(C)(C)C. The minimum Gasteiger partial charge on any atom is -0.410 e. The molecule has 0 aromatic rings. The van der Waals surface area contributed by atoms with Crippen LogP contribution >= 0.6 is 0 Å². The lowest BCUT2D eigenvalue weighted by Crippen LogP contribution is -2.56. The summed E-state index contributed by atoms with van der Waals surface area (Å²) in [5.74, 6) is 2.18. The Morgan fingerprint density at radius 1 is 1.08 bits per heavy atom. The van der Waals surface area contributed by atoms with Crippen molar-refractivity contribution in [1.29, 1.82) is 0 Å². The number of hydrogen-bond acceptors (Lipinski definition) is 4. The van der Waals surface area contributed by atoms with E-state index < -0.39 is 26.1 Å². The molecule has 3 N–H and O–H groups in total. The van der Waals surface area contributed by atoms with E-state index in [0.717, 1.165) is 36.8 Å². The van der Waals surface area contributed by atoms with Gasteiger partial charge in [0.2, 0.25) is 0 Å². The Labute approximate surface area is 241 Å². The average molecular weight is 561 g/mol. The van der Waals surface area contributed by atoms with Gasteiger partial charge in [-0.05, 0) is 109 Å². The van der Waals surface area contributed by atoms with Crippen LogP contribution < -0.4 is 0 Å². The number of aliphatic hydroxyl groups is 3. The zero-order valence-corrected chi connectivity index (χ0v) is 27.8. The molecule has 0 aromatic heterocycles. The zero-order valence-electron chi connectivity index (χ0n) is 26.8. The summed E-state index contributed by atoms with van der Waals surface area (Å²) in [6, 6.07) is 0. The Hall–Kier alpha value is -0.723. The van der Waals surface area contributed by atoms with Crippen LogP contribution in [0.1, 0.15) is 100 Å². The highest BCUT2D eigenvalue weighted by Gasteiger charge is 2.59. The van der Waals surface area contributed by atoms with Gasteiger partial charge in [0.05, 0.1) is 17.8 Å². The molecule has 39 heavy (non-hydrogen) atoms. The second kappa shape index (κ2) is 11.9.